The molecule has 27 heavy (non-hydrogen) atoms. The van der Waals surface area contributed by atoms with Gasteiger partial charge >= 0.3 is 0 Å². The number of nitrogens with zero attached hydrogens (tertiary/aromatic N) is 3. The summed E-state index contributed by atoms with van der Waals surface area (Å²) in [7, 11) is 1.54. The fraction of sp³-hybridized carbons (Fsp3) is 0.333. The second kappa shape index (κ2) is 6.27. The molecule has 3 fully saturated rings. The van der Waals surface area contributed by atoms with Crippen LogP contribution in [-0.2, 0) is 21.0 Å². The number of amides is 2. The first kappa shape index (κ1) is 16.6. The van der Waals surface area contributed by atoms with Crippen LogP contribution in [0, 0.1) is 5.92 Å². The summed E-state index contributed by atoms with van der Waals surface area (Å²) >= 11 is 0. The quantitative estimate of drug-likeness (QED) is 0.779. The van der Waals surface area contributed by atoms with E-state index in [0.717, 1.165) is 12.1 Å². The van der Waals surface area contributed by atoms with Gasteiger partial charge in [0, 0.05) is 20.1 Å². The minimum absolute atomic E-state index is 0.00332. The van der Waals surface area contributed by atoms with Crippen molar-refractivity contribution in [2.75, 3.05) is 13.6 Å². The maximum absolute atomic E-state index is 12.8. The Kier molecular flexibility index (Phi) is 3.86. The van der Waals surface area contributed by atoms with Gasteiger partial charge in [-0.15, -0.1) is 0 Å². The lowest BCUT2D eigenvalue weighted by molar-refractivity contribution is -0.188. The molecule has 2 aromatic rings. The summed E-state index contributed by atoms with van der Waals surface area (Å²) in [6.07, 6.45) is -0.945. The number of carbonyl (C=O) groups is 2. The predicted octanol–water partition coefficient (Wildman–Crippen LogP) is 1.80. The highest BCUT2D eigenvalue weighted by Crippen LogP contribution is 2.46. The first-order valence-electron chi connectivity index (χ1n) is 9.24. The van der Waals surface area contributed by atoms with Gasteiger partial charge < -0.3 is 0 Å². The van der Waals surface area contributed by atoms with E-state index < -0.39 is 12.0 Å². The van der Waals surface area contributed by atoms with E-state index in [1.54, 1.807) is 7.05 Å². The summed E-state index contributed by atoms with van der Waals surface area (Å²) in [6, 6.07) is 20.3. The standard InChI is InChI=1S/C21H21N3O3/c1-22-20(25)17-18(21(22)26)27-24-16(15-10-6-3-7-11-15)13-23(19(17)24)12-14-8-4-2-5-9-14/h2-11,16-19H,12-13H2,1H3/t16-,17+,18+,19+/m1/s1. The molecule has 0 saturated carbocycles. The Labute approximate surface area is 157 Å². The molecule has 6 nitrogen and oxygen atoms in total. The molecule has 3 saturated heterocycles. The molecule has 0 aliphatic carbocycles. The zero-order valence-corrected chi connectivity index (χ0v) is 15.1. The highest BCUT2D eigenvalue weighted by atomic mass is 16.7. The maximum Gasteiger partial charge on any atom is 0.261 e. The van der Waals surface area contributed by atoms with E-state index in [0.29, 0.717) is 6.54 Å². The molecular weight excluding hydrogens is 342 g/mol. The fourth-order valence-electron chi connectivity index (χ4n) is 4.51. The van der Waals surface area contributed by atoms with Crippen molar-refractivity contribution in [3.63, 3.8) is 0 Å². The van der Waals surface area contributed by atoms with Crippen LogP contribution >= 0.6 is 0 Å². The van der Waals surface area contributed by atoms with Crippen LogP contribution in [0.2, 0.25) is 0 Å². The third-order valence-corrected chi connectivity index (χ3v) is 5.83. The Balaban J connectivity index is 1.51. The number of likely N-dealkylation sites (N-methyl/N-ethyl adjacent to an activating group) is 1. The van der Waals surface area contributed by atoms with Crippen LogP contribution in [0.25, 0.3) is 0 Å². The summed E-state index contributed by atoms with van der Waals surface area (Å²) in [5, 5.41) is 1.89. The number of fused-ring (bicyclic) bond motifs is 3. The molecule has 3 heterocycles. The van der Waals surface area contributed by atoms with Crippen LogP contribution in [0.1, 0.15) is 17.2 Å². The number of hydrogen-bond acceptors (Lipinski definition) is 5. The summed E-state index contributed by atoms with van der Waals surface area (Å²) < 4.78 is 0. The Morgan fingerprint density at radius 2 is 1.63 bits per heavy atom. The van der Waals surface area contributed by atoms with E-state index in [1.807, 2.05) is 41.5 Å². The van der Waals surface area contributed by atoms with E-state index in [-0.39, 0.29) is 24.0 Å². The van der Waals surface area contributed by atoms with Crippen LogP contribution < -0.4 is 0 Å². The molecule has 0 unspecified atom stereocenters. The summed E-state index contributed by atoms with van der Waals surface area (Å²) in [5.41, 5.74) is 2.31. The third kappa shape index (κ3) is 2.52. The molecule has 2 aromatic carbocycles. The SMILES string of the molecule is CN1C(=O)[C@H]2[C@H](ON3[C@@H](c4ccccc4)CN(Cc4ccccc4)[C@H]23)C1=O. The van der Waals surface area contributed by atoms with Gasteiger partial charge in [0.15, 0.2) is 6.10 Å². The predicted molar refractivity (Wildman–Crippen MR) is 97.8 cm³/mol. The van der Waals surface area contributed by atoms with E-state index in [2.05, 4.69) is 29.2 Å². The molecule has 0 radical (unpaired) electrons. The first-order valence-corrected chi connectivity index (χ1v) is 9.24. The number of hydrogen-bond donors (Lipinski definition) is 0. The molecule has 3 aliphatic heterocycles. The van der Waals surface area contributed by atoms with Gasteiger partial charge in [-0.25, -0.2) is 0 Å². The van der Waals surface area contributed by atoms with Crippen LogP contribution in [0.3, 0.4) is 0 Å². The third-order valence-electron chi connectivity index (χ3n) is 5.83. The van der Waals surface area contributed by atoms with Crippen molar-refractivity contribution in [2.45, 2.75) is 24.9 Å². The number of imide groups is 1. The highest BCUT2D eigenvalue weighted by Gasteiger charge is 2.63. The first-order chi connectivity index (χ1) is 13.1. The maximum atomic E-state index is 12.8. The second-order valence-electron chi connectivity index (χ2n) is 7.40. The molecule has 0 bridgehead atoms. The van der Waals surface area contributed by atoms with Gasteiger partial charge in [0.2, 0.25) is 5.91 Å². The number of hydroxylamine groups is 2. The molecule has 5 rings (SSSR count). The monoisotopic (exact) mass is 363 g/mol. The van der Waals surface area contributed by atoms with Crippen LogP contribution in [0.15, 0.2) is 60.7 Å². The number of likely N-dealkylation sites (tertiary alicyclic amines) is 1. The summed E-state index contributed by atoms with van der Waals surface area (Å²) in [4.78, 5) is 34.8. The van der Waals surface area contributed by atoms with E-state index in [9.17, 15) is 9.59 Å². The van der Waals surface area contributed by atoms with E-state index in [4.69, 9.17) is 4.84 Å². The molecule has 0 aromatic heterocycles. The number of carbonyl (C=O) groups excluding carboxylic acids is 2. The van der Waals surface area contributed by atoms with Gasteiger partial charge in [-0.3, -0.25) is 24.2 Å². The van der Waals surface area contributed by atoms with Crippen molar-refractivity contribution >= 4 is 11.8 Å². The van der Waals surface area contributed by atoms with E-state index >= 15 is 0 Å². The largest absolute Gasteiger partial charge is 0.283 e. The van der Waals surface area contributed by atoms with Crippen LogP contribution in [0.4, 0.5) is 0 Å². The van der Waals surface area contributed by atoms with Gasteiger partial charge in [0.25, 0.3) is 5.91 Å². The Bertz CT molecular complexity index is 873. The van der Waals surface area contributed by atoms with Gasteiger partial charge in [0.1, 0.15) is 12.1 Å². The van der Waals surface area contributed by atoms with Crippen LogP contribution in [-0.4, -0.2) is 52.5 Å². The lowest BCUT2D eigenvalue weighted by Crippen LogP contribution is -2.43. The van der Waals surface area contributed by atoms with Gasteiger partial charge in [0.05, 0.1) is 6.04 Å². The van der Waals surface area contributed by atoms with Crippen molar-refractivity contribution in [3.8, 4) is 0 Å². The van der Waals surface area contributed by atoms with Crippen molar-refractivity contribution in [2.24, 2.45) is 5.92 Å². The molecule has 2 amide bonds. The second-order valence-corrected chi connectivity index (χ2v) is 7.40. The Morgan fingerprint density at radius 3 is 2.33 bits per heavy atom. The summed E-state index contributed by atoms with van der Waals surface area (Å²) in [6.45, 7) is 1.46. The molecule has 0 N–H and O–H groups in total. The fourth-order valence-corrected chi connectivity index (χ4v) is 4.51. The molecule has 6 heteroatoms. The van der Waals surface area contributed by atoms with Gasteiger partial charge in [-0.05, 0) is 11.1 Å². The molecule has 0 spiro atoms. The molecular formula is C21H21N3O3. The average molecular weight is 363 g/mol. The zero-order valence-electron chi connectivity index (χ0n) is 15.1. The molecule has 138 valence electrons. The Morgan fingerprint density at radius 1 is 0.963 bits per heavy atom. The van der Waals surface area contributed by atoms with Crippen molar-refractivity contribution in [1.82, 2.24) is 14.9 Å². The normalized spacial score (nSPS) is 30.8. The number of rotatable bonds is 3. The smallest absolute Gasteiger partial charge is 0.261 e. The van der Waals surface area contributed by atoms with Crippen LogP contribution in [0.5, 0.6) is 0 Å². The Hall–Kier alpha value is -2.54. The lowest BCUT2D eigenvalue weighted by atomic mass is 10.0. The number of benzene rings is 2. The molecule has 4 atom stereocenters. The van der Waals surface area contributed by atoms with Gasteiger partial charge in [-0.2, -0.15) is 5.06 Å². The molecule has 3 aliphatic rings. The summed E-state index contributed by atoms with van der Waals surface area (Å²) in [5.74, 6) is -0.866. The average Bonchev–Trinajstić information content (AvgIpc) is 3.31. The van der Waals surface area contributed by atoms with E-state index in [1.165, 1.54) is 10.5 Å². The van der Waals surface area contributed by atoms with Gasteiger partial charge in [-0.1, -0.05) is 60.7 Å². The minimum atomic E-state index is -0.711. The van der Waals surface area contributed by atoms with Crippen molar-refractivity contribution < 1.29 is 14.4 Å². The lowest BCUT2D eigenvalue weighted by Gasteiger charge is -2.27. The topological polar surface area (TPSA) is 53.1 Å². The van der Waals surface area contributed by atoms with Crippen molar-refractivity contribution in [1.29, 1.82) is 0 Å². The van der Waals surface area contributed by atoms with Crippen molar-refractivity contribution in [3.05, 3.63) is 71.8 Å². The minimum Gasteiger partial charge on any atom is -0.283 e. The zero-order chi connectivity index (χ0) is 18.5. The highest BCUT2D eigenvalue weighted by molar-refractivity contribution is 6.06.